The first kappa shape index (κ1) is 22.3. The van der Waals surface area contributed by atoms with Gasteiger partial charge >= 0.3 is 22.5 Å². The highest BCUT2D eigenvalue weighted by Crippen LogP contribution is 2.30. The topological polar surface area (TPSA) is 195 Å². The molecule has 0 spiro atoms. The number of nitrogens with one attached hydrogen (secondary N) is 3. The number of hydrogen-bond donors (Lipinski definition) is 5. The van der Waals surface area contributed by atoms with E-state index in [1.165, 1.54) is 12.1 Å². The Labute approximate surface area is 176 Å². The van der Waals surface area contributed by atoms with Crippen LogP contribution in [0.5, 0.6) is 0 Å². The van der Waals surface area contributed by atoms with Crippen molar-refractivity contribution in [3.05, 3.63) is 29.8 Å². The molecule has 1 aromatic rings. The number of hydrazine groups is 1. The highest BCUT2D eigenvalue weighted by Gasteiger charge is 2.49. The first-order chi connectivity index (χ1) is 14.5. The lowest BCUT2D eigenvalue weighted by atomic mass is 10.0. The summed E-state index contributed by atoms with van der Waals surface area (Å²) in [5, 5.41) is 11.3. The van der Waals surface area contributed by atoms with E-state index in [4.69, 9.17) is 9.66 Å². The van der Waals surface area contributed by atoms with Gasteiger partial charge in [-0.1, -0.05) is 12.1 Å². The molecule has 168 valence electrons. The third-order valence-corrected chi connectivity index (χ3v) is 5.04. The zero-order chi connectivity index (χ0) is 22.8. The molecule has 2 bridgehead atoms. The Balaban J connectivity index is 1.51. The van der Waals surface area contributed by atoms with E-state index in [2.05, 4.69) is 20.5 Å². The van der Waals surface area contributed by atoms with Crippen molar-refractivity contribution >= 4 is 40.0 Å². The van der Waals surface area contributed by atoms with Crippen LogP contribution in [0.15, 0.2) is 24.3 Å². The van der Waals surface area contributed by atoms with Gasteiger partial charge in [0, 0.05) is 12.2 Å². The number of rotatable bonds is 6. The predicted octanol–water partition coefficient (Wildman–Crippen LogP) is -0.531. The van der Waals surface area contributed by atoms with Gasteiger partial charge in [0.25, 0.3) is 5.91 Å². The number of benzene rings is 1. The van der Waals surface area contributed by atoms with Crippen LogP contribution in [0.1, 0.15) is 18.4 Å². The SMILES string of the molecule is O=C(O)Nc1ccc(CC(=O)NNC(=O)[C@@H]2CC[C@@H]3CN2C(=O)N3OS(=O)(=O)O)cc1. The number of fused-ring (bicyclic) bond motifs is 2. The van der Waals surface area contributed by atoms with Crippen LogP contribution in [0.25, 0.3) is 0 Å². The van der Waals surface area contributed by atoms with Gasteiger partial charge in [-0.25, -0.2) is 9.59 Å². The number of piperidine rings is 1. The number of anilines is 1. The van der Waals surface area contributed by atoms with Gasteiger partial charge in [0.15, 0.2) is 0 Å². The Morgan fingerprint density at radius 2 is 1.81 bits per heavy atom. The lowest BCUT2D eigenvalue weighted by Crippen LogP contribution is -2.54. The lowest BCUT2D eigenvalue weighted by molar-refractivity contribution is -0.131. The lowest BCUT2D eigenvalue weighted by Gasteiger charge is -2.29. The fourth-order valence-electron chi connectivity index (χ4n) is 3.38. The van der Waals surface area contributed by atoms with Gasteiger partial charge in [0.1, 0.15) is 6.04 Å². The Hall–Kier alpha value is -3.43. The van der Waals surface area contributed by atoms with Crippen LogP contribution in [-0.4, -0.2) is 70.6 Å². The van der Waals surface area contributed by atoms with Crippen molar-refractivity contribution < 1.29 is 41.5 Å². The maximum absolute atomic E-state index is 12.4. The molecular formula is C16H19N5O9S. The summed E-state index contributed by atoms with van der Waals surface area (Å²) >= 11 is 0. The molecule has 0 radical (unpaired) electrons. The minimum absolute atomic E-state index is 0.0249. The van der Waals surface area contributed by atoms with Gasteiger partial charge in [-0.15, -0.1) is 4.28 Å². The zero-order valence-corrected chi connectivity index (χ0v) is 16.7. The molecular weight excluding hydrogens is 438 g/mol. The number of hydroxylamine groups is 2. The molecule has 3 rings (SSSR count). The highest BCUT2D eigenvalue weighted by molar-refractivity contribution is 7.80. The second-order valence-electron chi connectivity index (χ2n) is 6.85. The summed E-state index contributed by atoms with van der Waals surface area (Å²) in [7, 11) is -4.89. The maximum atomic E-state index is 12.4. The van der Waals surface area contributed by atoms with Crippen LogP contribution in [0.4, 0.5) is 15.3 Å². The molecule has 5 amide bonds. The molecule has 2 atom stereocenters. The van der Waals surface area contributed by atoms with E-state index < -0.39 is 46.4 Å². The Bertz CT molecular complexity index is 997. The van der Waals surface area contributed by atoms with Crippen molar-refractivity contribution in [3.8, 4) is 0 Å². The number of urea groups is 1. The Morgan fingerprint density at radius 3 is 2.42 bits per heavy atom. The maximum Gasteiger partial charge on any atom is 0.418 e. The van der Waals surface area contributed by atoms with Crippen molar-refractivity contribution in [2.45, 2.75) is 31.3 Å². The van der Waals surface area contributed by atoms with Crippen LogP contribution < -0.4 is 16.2 Å². The number of nitrogens with zero attached hydrogens (tertiary/aromatic N) is 2. The van der Waals surface area contributed by atoms with E-state index in [1.54, 1.807) is 12.1 Å². The van der Waals surface area contributed by atoms with Crippen molar-refractivity contribution in [3.63, 3.8) is 0 Å². The number of carbonyl (C=O) groups excluding carboxylic acids is 3. The number of carbonyl (C=O) groups is 4. The standard InChI is InChI=1S/C16H19N5O9S/c22-13(7-9-1-3-10(4-2-9)17-15(24)25)18-19-14(23)12-6-5-11-8-20(12)16(26)21(11)30-31(27,28)29/h1-4,11-12,17H,5-8H2,(H,18,22)(H,19,23)(H,24,25)(H,27,28,29)/t11-,12+/m1/s1. The van der Waals surface area contributed by atoms with Crippen LogP contribution >= 0.6 is 0 Å². The average Bonchev–Trinajstić information content (AvgIpc) is 2.91. The largest absolute Gasteiger partial charge is 0.465 e. The highest BCUT2D eigenvalue weighted by atomic mass is 32.3. The average molecular weight is 457 g/mol. The van der Waals surface area contributed by atoms with E-state index in [0.29, 0.717) is 16.3 Å². The van der Waals surface area contributed by atoms with Crippen molar-refractivity contribution in [1.82, 2.24) is 20.8 Å². The van der Waals surface area contributed by atoms with E-state index >= 15 is 0 Å². The fourth-order valence-corrected chi connectivity index (χ4v) is 3.77. The van der Waals surface area contributed by atoms with Gasteiger partial charge in [0.2, 0.25) is 5.91 Å². The summed E-state index contributed by atoms with van der Waals surface area (Å²) in [6.45, 7) is 0.0249. The molecule has 5 N–H and O–H groups in total. The fraction of sp³-hybridized carbons (Fsp3) is 0.375. The molecule has 1 aromatic carbocycles. The normalized spacial score (nSPS) is 20.4. The molecule has 0 unspecified atom stereocenters. The molecule has 0 aromatic heterocycles. The van der Waals surface area contributed by atoms with Crippen LogP contribution in [0.2, 0.25) is 0 Å². The van der Waals surface area contributed by atoms with E-state index in [1.807, 2.05) is 0 Å². The molecule has 31 heavy (non-hydrogen) atoms. The minimum Gasteiger partial charge on any atom is -0.465 e. The molecule has 2 saturated heterocycles. The van der Waals surface area contributed by atoms with Gasteiger partial charge < -0.3 is 10.0 Å². The Morgan fingerprint density at radius 1 is 1.13 bits per heavy atom. The zero-order valence-electron chi connectivity index (χ0n) is 15.8. The van der Waals surface area contributed by atoms with E-state index in [0.717, 1.165) is 4.90 Å². The van der Waals surface area contributed by atoms with Crippen LogP contribution in [-0.2, 0) is 30.7 Å². The van der Waals surface area contributed by atoms with Gasteiger partial charge in [0.05, 0.1) is 12.5 Å². The summed E-state index contributed by atoms with van der Waals surface area (Å²) in [5.41, 5.74) is 5.36. The van der Waals surface area contributed by atoms with Crippen molar-refractivity contribution in [1.29, 1.82) is 0 Å². The molecule has 15 heteroatoms. The second-order valence-corrected chi connectivity index (χ2v) is 7.86. The molecule has 0 saturated carbocycles. The molecule has 2 aliphatic rings. The molecule has 14 nitrogen and oxygen atoms in total. The van der Waals surface area contributed by atoms with Gasteiger partial charge in [-0.05, 0) is 30.5 Å². The van der Waals surface area contributed by atoms with Crippen LogP contribution in [0.3, 0.4) is 0 Å². The van der Waals surface area contributed by atoms with Crippen molar-refractivity contribution in [2.75, 3.05) is 11.9 Å². The van der Waals surface area contributed by atoms with Crippen molar-refractivity contribution in [2.24, 2.45) is 0 Å². The number of carboxylic acid groups (broad SMARTS) is 1. The third kappa shape index (κ3) is 5.59. The first-order valence-corrected chi connectivity index (χ1v) is 10.3. The quantitative estimate of drug-likeness (QED) is 0.275. The Kier molecular flexibility index (Phi) is 6.28. The first-order valence-electron chi connectivity index (χ1n) is 8.98. The summed E-state index contributed by atoms with van der Waals surface area (Å²) in [4.78, 5) is 48.4. The summed E-state index contributed by atoms with van der Waals surface area (Å²) < 4.78 is 34.9. The predicted molar refractivity (Wildman–Crippen MR) is 101 cm³/mol. The second kappa shape index (κ2) is 8.75. The van der Waals surface area contributed by atoms with Gasteiger partial charge in [-0.3, -0.25) is 30.3 Å². The summed E-state index contributed by atoms with van der Waals surface area (Å²) in [6, 6.07) is 3.57. The van der Waals surface area contributed by atoms with E-state index in [9.17, 15) is 27.6 Å². The molecule has 2 heterocycles. The molecule has 2 fully saturated rings. The van der Waals surface area contributed by atoms with E-state index in [-0.39, 0.29) is 25.8 Å². The third-order valence-electron chi connectivity index (χ3n) is 4.70. The summed E-state index contributed by atoms with van der Waals surface area (Å²) in [6.07, 6.45) is -0.868. The molecule has 2 aliphatic heterocycles. The van der Waals surface area contributed by atoms with Gasteiger partial charge in [-0.2, -0.15) is 13.5 Å². The monoisotopic (exact) mass is 457 g/mol. The minimum atomic E-state index is -4.89. The summed E-state index contributed by atoms with van der Waals surface area (Å²) in [5.74, 6) is -1.22. The number of amides is 5. The van der Waals surface area contributed by atoms with Crippen LogP contribution in [0, 0.1) is 0 Å². The number of hydrogen-bond acceptors (Lipinski definition) is 7. The molecule has 0 aliphatic carbocycles. The smallest absolute Gasteiger partial charge is 0.418 e.